The summed E-state index contributed by atoms with van der Waals surface area (Å²) in [6, 6.07) is 3.79. The molecule has 72 valence electrons. The third-order valence-corrected chi connectivity index (χ3v) is 2.48. The average Bonchev–Trinajstić information content (AvgIpc) is 2.53. The SMILES string of the molecule is CC1CNC(c2ccc(Br)o2)OC1. The van der Waals surface area contributed by atoms with Gasteiger partial charge in [-0.3, -0.25) is 5.32 Å². The average molecular weight is 246 g/mol. The molecule has 1 saturated heterocycles. The Morgan fingerprint density at radius 1 is 1.54 bits per heavy atom. The highest BCUT2D eigenvalue weighted by molar-refractivity contribution is 9.10. The monoisotopic (exact) mass is 245 g/mol. The highest BCUT2D eigenvalue weighted by atomic mass is 79.9. The lowest BCUT2D eigenvalue weighted by Gasteiger charge is -2.26. The van der Waals surface area contributed by atoms with Crippen LogP contribution in [0.5, 0.6) is 0 Å². The molecule has 1 aromatic rings. The van der Waals surface area contributed by atoms with Crippen molar-refractivity contribution in [2.45, 2.75) is 13.2 Å². The Morgan fingerprint density at radius 2 is 2.38 bits per heavy atom. The van der Waals surface area contributed by atoms with Crippen molar-refractivity contribution in [1.82, 2.24) is 5.32 Å². The van der Waals surface area contributed by atoms with E-state index in [0.29, 0.717) is 5.92 Å². The summed E-state index contributed by atoms with van der Waals surface area (Å²) in [7, 11) is 0. The van der Waals surface area contributed by atoms with E-state index >= 15 is 0 Å². The second kappa shape index (κ2) is 3.82. The van der Waals surface area contributed by atoms with E-state index in [-0.39, 0.29) is 6.23 Å². The molecule has 13 heavy (non-hydrogen) atoms. The minimum atomic E-state index is -0.0810. The fraction of sp³-hybridized carbons (Fsp3) is 0.556. The molecule has 4 heteroatoms. The van der Waals surface area contributed by atoms with Crippen LogP contribution in [0.25, 0.3) is 0 Å². The van der Waals surface area contributed by atoms with Crippen molar-refractivity contribution in [2.75, 3.05) is 13.2 Å². The van der Waals surface area contributed by atoms with E-state index in [4.69, 9.17) is 9.15 Å². The molecular formula is C9H12BrNO2. The number of hydrogen-bond donors (Lipinski definition) is 1. The molecule has 0 aromatic carbocycles. The predicted molar refractivity (Wildman–Crippen MR) is 52.3 cm³/mol. The number of nitrogens with one attached hydrogen (secondary N) is 1. The van der Waals surface area contributed by atoms with Gasteiger partial charge in [-0.1, -0.05) is 6.92 Å². The molecule has 1 fully saturated rings. The van der Waals surface area contributed by atoms with E-state index in [9.17, 15) is 0 Å². The van der Waals surface area contributed by atoms with Crippen LogP contribution in [-0.4, -0.2) is 13.2 Å². The first-order valence-electron chi connectivity index (χ1n) is 4.36. The molecule has 2 heterocycles. The molecule has 2 rings (SSSR count). The van der Waals surface area contributed by atoms with E-state index in [2.05, 4.69) is 28.2 Å². The van der Waals surface area contributed by atoms with Crippen LogP contribution in [0.1, 0.15) is 18.9 Å². The van der Waals surface area contributed by atoms with Crippen LogP contribution in [0, 0.1) is 5.92 Å². The van der Waals surface area contributed by atoms with Gasteiger partial charge in [0.05, 0.1) is 6.61 Å². The van der Waals surface area contributed by atoms with Gasteiger partial charge in [0.15, 0.2) is 10.9 Å². The molecule has 1 aromatic heterocycles. The first-order valence-corrected chi connectivity index (χ1v) is 5.15. The van der Waals surface area contributed by atoms with Crippen LogP contribution in [-0.2, 0) is 4.74 Å². The standard InChI is InChI=1S/C9H12BrNO2/c1-6-4-11-9(12-5-6)7-2-3-8(10)13-7/h2-3,6,9,11H,4-5H2,1H3. The number of ether oxygens (including phenoxy) is 1. The minimum Gasteiger partial charge on any atom is -0.450 e. The Balaban J connectivity index is 2.02. The van der Waals surface area contributed by atoms with Gasteiger partial charge < -0.3 is 9.15 Å². The van der Waals surface area contributed by atoms with Gasteiger partial charge in [-0.25, -0.2) is 0 Å². The molecule has 0 radical (unpaired) electrons. The molecule has 1 N–H and O–H groups in total. The molecule has 3 nitrogen and oxygen atoms in total. The summed E-state index contributed by atoms with van der Waals surface area (Å²) < 4.78 is 11.7. The fourth-order valence-electron chi connectivity index (χ4n) is 1.34. The molecule has 2 unspecified atom stereocenters. The Kier molecular flexibility index (Phi) is 2.71. The van der Waals surface area contributed by atoms with Gasteiger partial charge in [0, 0.05) is 6.54 Å². The van der Waals surface area contributed by atoms with Crippen molar-refractivity contribution >= 4 is 15.9 Å². The molecule has 0 aliphatic carbocycles. The third kappa shape index (κ3) is 2.13. The number of hydrogen-bond acceptors (Lipinski definition) is 3. The number of rotatable bonds is 1. The van der Waals surface area contributed by atoms with Gasteiger partial charge in [0.1, 0.15) is 5.76 Å². The van der Waals surface area contributed by atoms with Crippen LogP contribution >= 0.6 is 15.9 Å². The van der Waals surface area contributed by atoms with E-state index < -0.39 is 0 Å². The van der Waals surface area contributed by atoms with Crippen LogP contribution in [0.4, 0.5) is 0 Å². The molecule has 1 aliphatic heterocycles. The summed E-state index contributed by atoms with van der Waals surface area (Å²) in [6.07, 6.45) is -0.0810. The topological polar surface area (TPSA) is 34.4 Å². The number of halogens is 1. The van der Waals surface area contributed by atoms with E-state index in [0.717, 1.165) is 23.6 Å². The van der Waals surface area contributed by atoms with Crippen LogP contribution < -0.4 is 5.32 Å². The summed E-state index contributed by atoms with van der Waals surface area (Å²) in [6.45, 7) is 3.92. The lowest BCUT2D eigenvalue weighted by Crippen LogP contribution is -2.36. The largest absolute Gasteiger partial charge is 0.450 e. The van der Waals surface area contributed by atoms with Crippen molar-refractivity contribution in [2.24, 2.45) is 5.92 Å². The normalized spacial score (nSPS) is 29.1. The second-order valence-corrected chi connectivity index (χ2v) is 4.15. The zero-order valence-electron chi connectivity index (χ0n) is 7.42. The quantitative estimate of drug-likeness (QED) is 0.825. The molecular weight excluding hydrogens is 234 g/mol. The molecule has 0 bridgehead atoms. The van der Waals surface area contributed by atoms with Gasteiger partial charge in [-0.15, -0.1) is 0 Å². The maximum atomic E-state index is 5.56. The summed E-state index contributed by atoms with van der Waals surface area (Å²) in [4.78, 5) is 0. The lowest BCUT2D eigenvalue weighted by atomic mass is 10.1. The van der Waals surface area contributed by atoms with Crippen molar-refractivity contribution in [3.8, 4) is 0 Å². The first kappa shape index (κ1) is 9.24. The van der Waals surface area contributed by atoms with Gasteiger partial charge in [-0.05, 0) is 34.0 Å². The van der Waals surface area contributed by atoms with Gasteiger partial charge in [0.25, 0.3) is 0 Å². The van der Waals surface area contributed by atoms with Crippen molar-refractivity contribution < 1.29 is 9.15 Å². The van der Waals surface area contributed by atoms with Crippen LogP contribution in [0.15, 0.2) is 21.2 Å². The Labute approximate surface area is 85.6 Å². The van der Waals surface area contributed by atoms with Crippen LogP contribution in [0.2, 0.25) is 0 Å². The Morgan fingerprint density at radius 3 is 2.92 bits per heavy atom. The molecule has 0 saturated carbocycles. The van der Waals surface area contributed by atoms with Gasteiger partial charge >= 0.3 is 0 Å². The first-order chi connectivity index (χ1) is 6.25. The number of furan rings is 1. The van der Waals surface area contributed by atoms with Gasteiger partial charge in [0.2, 0.25) is 0 Å². The van der Waals surface area contributed by atoms with Crippen molar-refractivity contribution in [1.29, 1.82) is 0 Å². The molecule has 0 amide bonds. The molecule has 2 atom stereocenters. The summed E-state index contributed by atoms with van der Waals surface area (Å²) >= 11 is 3.26. The summed E-state index contributed by atoms with van der Waals surface area (Å²) in [5, 5.41) is 3.26. The molecule has 1 aliphatic rings. The van der Waals surface area contributed by atoms with E-state index in [1.165, 1.54) is 0 Å². The second-order valence-electron chi connectivity index (χ2n) is 3.37. The zero-order valence-corrected chi connectivity index (χ0v) is 9.00. The van der Waals surface area contributed by atoms with Crippen molar-refractivity contribution in [3.63, 3.8) is 0 Å². The van der Waals surface area contributed by atoms with Crippen molar-refractivity contribution in [3.05, 3.63) is 22.6 Å². The Bertz CT molecular complexity index is 279. The minimum absolute atomic E-state index is 0.0810. The van der Waals surface area contributed by atoms with E-state index in [1.807, 2.05) is 12.1 Å². The lowest BCUT2D eigenvalue weighted by molar-refractivity contribution is -0.0371. The highest BCUT2D eigenvalue weighted by Crippen LogP contribution is 2.23. The maximum absolute atomic E-state index is 5.56. The summed E-state index contributed by atoms with van der Waals surface area (Å²) in [5.41, 5.74) is 0. The highest BCUT2D eigenvalue weighted by Gasteiger charge is 2.21. The molecule has 0 spiro atoms. The maximum Gasteiger partial charge on any atom is 0.169 e. The fourth-order valence-corrected chi connectivity index (χ4v) is 1.66. The third-order valence-electron chi connectivity index (χ3n) is 2.05. The predicted octanol–water partition coefficient (Wildman–Crippen LogP) is 2.30. The summed E-state index contributed by atoms with van der Waals surface area (Å²) in [5.74, 6) is 1.41. The van der Waals surface area contributed by atoms with Gasteiger partial charge in [-0.2, -0.15) is 0 Å². The smallest absolute Gasteiger partial charge is 0.169 e. The zero-order chi connectivity index (χ0) is 9.26. The van der Waals surface area contributed by atoms with Crippen LogP contribution in [0.3, 0.4) is 0 Å². The van der Waals surface area contributed by atoms with E-state index in [1.54, 1.807) is 0 Å². The Hall–Kier alpha value is -0.320.